The van der Waals surface area contributed by atoms with Gasteiger partial charge in [0.2, 0.25) is 0 Å². The van der Waals surface area contributed by atoms with E-state index in [9.17, 15) is 14.0 Å². The Morgan fingerprint density at radius 3 is 2.61 bits per heavy atom. The number of nitrogens with zero attached hydrogens (tertiary/aromatic N) is 2. The van der Waals surface area contributed by atoms with E-state index in [-0.39, 0.29) is 29.6 Å². The van der Waals surface area contributed by atoms with Gasteiger partial charge in [-0.15, -0.1) is 0 Å². The number of carbonyl (C=O) groups is 2. The highest BCUT2D eigenvalue weighted by molar-refractivity contribution is 5.96. The summed E-state index contributed by atoms with van der Waals surface area (Å²) in [7, 11) is 0. The molecule has 1 aromatic heterocycles. The van der Waals surface area contributed by atoms with Crippen molar-refractivity contribution in [2.45, 2.75) is 20.3 Å². The SMILES string of the molecule is C[C@@H]1C[C@@H](C)CN(C(=O)COC(=O)c2cccnc2Nc2ccccc2F)C1. The Bertz CT molecular complexity index is 848. The number of halogens is 1. The third kappa shape index (κ3) is 4.85. The monoisotopic (exact) mass is 385 g/mol. The van der Waals surface area contributed by atoms with Crippen LogP contribution in [-0.4, -0.2) is 41.5 Å². The van der Waals surface area contributed by atoms with Gasteiger partial charge in [0.05, 0.1) is 5.69 Å². The lowest BCUT2D eigenvalue weighted by atomic mass is 9.92. The van der Waals surface area contributed by atoms with Gasteiger partial charge in [-0.3, -0.25) is 4.79 Å². The molecule has 1 aromatic carbocycles. The maximum Gasteiger partial charge on any atom is 0.342 e. The van der Waals surface area contributed by atoms with E-state index >= 15 is 0 Å². The van der Waals surface area contributed by atoms with Gasteiger partial charge in [-0.25, -0.2) is 14.2 Å². The molecule has 0 saturated carbocycles. The van der Waals surface area contributed by atoms with E-state index < -0.39 is 11.8 Å². The van der Waals surface area contributed by atoms with Crippen LogP contribution in [0, 0.1) is 17.7 Å². The number of piperidine rings is 1. The molecule has 6 nitrogen and oxygen atoms in total. The fourth-order valence-electron chi connectivity index (χ4n) is 3.52. The summed E-state index contributed by atoms with van der Waals surface area (Å²) in [5, 5.41) is 2.80. The second-order valence-corrected chi connectivity index (χ2v) is 7.33. The smallest absolute Gasteiger partial charge is 0.342 e. The van der Waals surface area contributed by atoms with Gasteiger partial charge in [-0.1, -0.05) is 26.0 Å². The molecule has 0 bridgehead atoms. The Morgan fingerprint density at radius 1 is 1.18 bits per heavy atom. The number of aromatic nitrogens is 1. The van der Waals surface area contributed by atoms with Gasteiger partial charge in [0.15, 0.2) is 6.61 Å². The zero-order chi connectivity index (χ0) is 20.1. The standard InChI is InChI=1S/C21H24FN3O3/c1-14-10-15(2)12-25(11-14)19(26)13-28-21(27)16-6-5-9-23-20(16)24-18-8-4-3-7-17(18)22/h3-9,14-15H,10-13H2,1-2H3,(H,23,24)/t14-,15-/m1/s1. The second kappa shape index (κ2) is 8.82. The van der Waals surface area contributed by atoms with Crippen molar-refractivity contribution in [2.24, 2.45) is 11.8 Å². The number of nitrogens with one attached hydrogen (secondary N) is 1. The van der Waals surface area contributed by atoms with Gasteiger partial charge in [0.1, 0.15) is 17.2 Å². The van der Waals surface area contributed by atoms with Crippen LogP contribution >= 0.6 is 0 Å². The molecule has 2 aromatic rings. The summed E-state index contributed by atoms with van der Waals surface area (Å²) in [6.45, 7) is 5.24. The Hall–Kier alpha value is -2.96. The largest absolute Gasteiger partial charge is 0.452 e. The molecule has 28 heavy (non-hydrogen) atoms. The molecule has 0 radical (unpaired) electrons. The van der Waals surface area contributed by atoms with Crippen molar-refractivity contribution in [1.82, 2.24) is 9.88 Å². The molecule has 3 rings (SSSR count). The zero-order valence-electron chi connectivity index (χ0n) is 16.0. The highest BCUT2D eigenvalue weighted by Crippen LogP contribution is 2.23. The third-order valence-electron chi connectivity index (χ3n) is 4.70. The van der Waals surface area contributed by atoms with Crippen molar-refractivity contribution >= 4 is 23.4 Å². The fourth-order valence-corrected chi connectivity index (χ4v) is 3.52. The van der Waals surface area contributed by atoms with Crippen molar-refractivity contribution < 1.29 is 18.7 Å². The summed E-state index contributed by atoms with van der Waals surface area (Å²) in [5.74, 6) is -0.324. The first kappa shape index (κ1) is 19.8. The Kier molecular flexibility index (Phi) is 6.23. The zero-order valence-corrected chi connectivity index (χ0v) is 16.0. The van der Waals surface area contributed by atoms with Gasteiger partial charge in [0, 0.05) is 19.3 Å². The van der Waals surface area contributed by atoms with Crippen molar-refractivity contribution in [3.63, 3.8) is 0 Å². The summed E-state index contributed by atoms with van der Waals surface area (Å²) in [6.07, 6.45) is 2.58. The molecule has 0 unspecified atom stereocenters. The molecule has 1 saturated heterocycles. The fraction of sp³-hybridized carbons (Fsp3) is 0.381. The van der Waals surface area contributed by atoms with Crippen LogP contribution in [0.25, 0.3) is 0 Å². The van der Waals surface area contributed by atoms with E-state index in [1.807, 2.05) is 0 Å². The second-order valence-electron chi connectivity index (χ2n) is 7.33. The van der Waals surface area contributed by atoms with E-state index in [1.54, 1.807) is 29.2 Å². The highest BCUT2D eigenvalue weighted by atomic mass is 19.1. The Morgan fingerprint density at radius 2 is 1.89 bits per heavy atom. The number of esters is 1. The quantitative estimate of drug-likeness (QED) is 0.796. The molecule has 7 heteroatoms. The van der Waals surface area contributed by atoms with E-state index in [1.165, 1.54) is 18.3 Å². The molecule has 2 heterocycles. The van der Waals surface area contributed by atoms with Crippen LogP contribution in [0.1, 0.15) is 30.6 Å². The van der Waals surface area contributed by atoms with Gasteiger partial charge < -0.3 is 15.0 Å². The molecule has 1 fully saturated rings. The third-order valence-corrected chi connectivity index (χ3v) is 4.70. The van der Waals surface area contributed by atoms with Crippen LogP contribution in [-0.2, 0) is 9.53 Å². The van der Waals surface area contributed by atoms with Crippen LogP contribution in [0.15, 0.2) is 42.6 Å². The van der Waals surface area contributed by atoms with E-state index in [4.69, 9.17) is 4.74 Å². The predicted molar refractivity (Wildman–Crippen MR) is 104 cm³/mol. The average molecular weight is 385 g/mol. The molecule has 1 amide bonds. The Balaban J connectivity index is 1.65. The highest BCUT2D eigenvalue weighted by Gasteiger charge is 2.26. The topological polar surface area (TPSA) is 71.5 Å². The van der Waals surface area contributed by atoms with Crippen molar-refractivity contribution in [2.75, 3.05) is 25.0 Å². The van der Waals surface area contributed by atoms with E-state index in [0.717, 1.165) is 6.42 Å². The van der Waals surface area contributed by atoms with E-state index in [2.05, 4.69) is 24.1 Å². The number of pyridine rings is 1. The molecule has 2 atom stereocenters. The molecule has 148 valence electrons. The first-order valence-electron chi connectivity index (χ1n) is 9.35. The maximum absolute atomic E-state index is 13.9. The first-order valence-corrected chi connectivity index (χ1v) is 9.35. The van der Waals surface area contributed by atoms with Crippen molar-refractivity contribution in [3.8, 4) is 0 Å². The number of para-hydroxylation sites is 1. The van der Waals surface area contributed by atoms with Crippen LogP contribution in [0.5, 0.6) is 0 Å². The minimum atomic E-state index is -0.682. The maximum atomic E-state index is 13.9. The molecular formula is C21H24FN3O3. The molecule has 1 aliphatic rings. The minimum Gasteiger partial charge on any atom is -0.452 e. The molecule has 0 spiro atoms. The lowest BCUT2D eigenvalue weighted by Gasteiger charge is -2.34. The van der Waals surface area contributed by atoms with Crippen LogP contribution in [0.4, 0.5) is 15.9 Å². The summed E-state index contributed by atoms with van der Waals surface area (Å²) < 4.78 is 19.1. The Labute approximate surface area is 163 Å². The number of carbonyl (C=O) groups excluding carboxylic acids is 2. The van der Waals surface area contributed by atoms with Crippen LogP contribution in [0.3, 0.4) is 0 Å². The van der Waals surface area contributed by atoms with Crippen LogP contribution < -0.4 is 5.32 Å². The van der Waals surface area contributed by atoms with Crippen molar-refractivity contribution in [3.05, 3.63) is 54.0 Å². The average Bonchev–Trinajstić information content (AvgIpc) is 2.67. The number of benzene rings is 1. The minimum absolute atomic E-state index is 0.138. The summed E-state index contributed by atoms with van der Waals surface area (Å²) in [6, 6.07) is 9.20. The summed E-state index contributed by atoms with van der Waals surface area (Å²) in [5.41, 5.74) is 0.335. The number of hydrogen-bond donors (Lipinski definition) is 1. The summed E-state index contributed by atoms with van der Waals surface area (Å²) in [4.78, 5) is 30.7. The molecule has 1 N–H and O–H groups in total. The van der Waals surface area contributed by atoms with Gasteiger partial charge in [0.25, 0.3) is 5.91 Å². The van der Waals surface area contributed by atoms with E-state index in [0.29, 0.717) is 24.9 Å². The number of rotatable bonds is 5. The normalized spacial score (nSPS) is 19.2. The van der Waals surface area contributed by atoms with Crippen molar-refractivity contribution in [1.29, 1.82) is 0 Å². The van der Waals surface area contributed by atoms with Crippen LogP contribution in [0.2, 0.25) is 0 Å². The number of amides is 1. The first-order chi connectivity index (χ1) is 13.4. The number of anilines is 2. The number of ether oxygens (including phenoxy) is 1. The van der Waals surface area contributed by atoms with Gasteiger partial charge in [-0.05, 0) is 42.5 Å². The number of likely N-dealkylation sites (tertiary alicyclic amines) is 1. The lowest BCUT2D eigenvalue weighted by molar-refractivity contribution is -0.137. The van der Waals surface area contributed by atoms with Gasteiger partial charge in [-0.2, -0.15) is 0 Å². The summed E-state index contributed by atoms with van der Waals surface area (Å²) >= 11 is 0. The molecule has 0 aliphatic carbocycles. The number of hydrogen-bond acceptors (Lipinski definition) is 5. The predicted octanol–water partition coefficient (Wildman–Crippen LogP) is 3.63. The molecule has 1 aliphatic heterocycles. The van der Waals surface area contributed by atoms with Gasteiger partial charge >= 0.3 is 5.97 Å². The lowest BCUT2D eigenvalue weighted by Crippen LogP contribution is -2.44. The molecular weight excluding hydrogens is 361 g/mol.